The van der Waals surface area contributed by atoms with Gasteiger partial charge in [0.2, 0.25) is 10.0 Å². The van der Waals surface area contributed by atoms with Gasteiger partial charge in [-0.05, 0) is 49.2 Å². The van der Waals surface area contributed by atoms with Crippen molar-refractivity contribution in [3.63, 3.8) is 0 Å². The molecule has 6 heteroatoms. The van der Waals surface area contributed by atoms with Crippen LogP contribution in [0.3, 0.4) is 0 Å². The fraction of sp³-hybridized carbons (Fsp3) is 0.200. The molecule has 2 rings (SSSR count). The van der Waals surface area contributed by atoms with E-state index in [1.54, 1.807) is 25.1 Å². The molecule has 0 spiro atoms. The van der Waals surface area contributed by atoms with Crippen molar-refractivity contribution >= 4 is 31.6 Å². The molecule has 0 saturated carbocycles. The SMILES string of the molecule is Cc1c(N)cccc1S(=O)(=O)N[C@H](C)c1ccc(Br)cc1. The minimum atomic E-state index is -3.61. The first kappa shape index (κ1) is 16.0. The second kappa shape index (κ2) is 6.17. The molecular weight excluding hydrogens is 352 g/mol. The molecule has 1 atom stereocenters. The summed E-state index contributed by atoms with van der Waals surface area (Å²) in [6.45, 7) is 3.51. The van der Waals surface area contributed by atoms with Crippen LogP contribution in [0.1, 0.15) is 24.1 Å². The number of nitrogen functional groups attached to an aromatic ring is 1. The van der Waals surface area contributed by atoms with E-state index in [0.29, 0.717) is 11.3 Å². The van der Waals surface area contributed by atoms with Crippen molar-refractivity contribution in [2.75, 3.05) is 5.73 Å². The van der Waals surface area contributed by atoms with E-state index in [1.807, 2.05) is 31.2 Å². The van der Waals surface area contributed by atoms with Crippen LogP contribution in [0, 0.1) is 6.92 Å². The molecule has 0 bridgehead atoms. The maximum atomic E-state index is 12.5. The van der Waals surface area contributed by atoms with Crippen LogP contribution < -0.4 is 10.5 Å². The van der Waals surface area contributed by atoms with Gasteiger partial charge in [0.15, 0.2) is 0 Å². The Kier molecular flexibility index (Phi) is 4.70. The summed E-state index contributed by atoms with van der Waals surface area (Å²) in [6.07, 6.45) is 0. The van der Waals surface area contributed by atoms with Crippen molar-refractivity contribution in [1.29, 1.82) is 0 Å². The average molecular weight is 369 g/mol. The first-order chi connectivity index (χ1) is 9.81. The molecule has 3 N–H and O–H groups in total. The highest BCUT2D eigenvalue weighted by atomic mass is 79.9. The van der Waals surface area contributed by atoms with Crippen molar-refractivity contribution in [3.8, 4) is 0 Å². The number of nitrogens with one attached hydrogen (secondary N) is 1. The lowest BCUT2D eigenvalue weighted by atomic mass is 10.1. The van der Waals surface area contributed by atoms with Crippen LogP contribution in [0.4, 0.5) is 5.69 Å². The van der Waals surface area contributed by atoms with Gasteiger partial charge in [-0.3, -0.25) is 0 Å². The minimum absolute atomic E-state index is 0.214. The highest BCUT2D eigenvalue weighted by Crippen LogP contribution is 2.23. The summed E-state index contributed by atoms with van der Waals surface area (Å²) in [5.41, 5.74) is 7.70. The van der Waals surface area contributed by atoms with Crippen LogP contribution >= 0.6 is 15.9 Å². The number of anilines is 1. The Balaban J connectivity index is 2.29. The van der Waals surface area contributed by atoms with Crippen LogP contribution in [0.2, 0.25) is 0 Å². The lowest BCUT2D eigenvalue weighted by Gasteiger charge is -2.16. The number of halogens is 1. The molecule has 4 nitrogen and oxygen atoms in total. The quantitative estimate of drug-likeness (QED) is 0.812. The number of hydrogen-bond donors (Lipinski definition) is 2. The average Bonchev–Trinajstić information content (AvgIpc) is 2.41. The zero-order valence-corrected chi connectivity index (χ0v) is 14.2. The van der Waals surface area contributed by atoms with Crippen molar-refractivity contribution in [1.82, 2.24) is 4.72 Å². The monoisotopic (exact) mass is 368 g/mol. The smallest absolute Gasteiger partial charge is 0.241 e. The van der Waals surface area contributed by atoms with Crippen molar-refractivity contribution in [3.05, 3.63) is 58.1 Å². The van der Waals surface area contributed by atoms with Crippen LogP contribution in [-0.2, 0) is 10.0 Å². The Labute approximate surface area is 133 Å². The molecule has 0 saturated heterocycles. The van der Waals surface area contributed by atoms with Gasteiger partial charge in [-0.15, -0.1) is 0 Å². The number of nitrogens with two attached hydrogens (primary N) is 1. The van der Waals surface area contributed by atoms with Gasteiger partial charge < -0.3 is 5.73 Å². The van der Waals surface area contributed by atoms with Gasteiger partial charge in [-0.1, -0.05) is 34.1 Å². The molecule has 2 aromatic carbocycles. The van der Waals surface area contributed by atoms with Crippen LogP contribution in [0.5, 0.6) is 0 Å². The summed E-state index contributed by atoms with van der Waals surface area (Å²) in [5, 5.41) is 0. The fourth-order valence-corrected chi connectivity index (χ4v) is 3.81. The van der Waals surface area contributed by atoms with Crippen LogP contribution in [0.15, 0.2) is 51.8 Å². The standard InChI is InChI=1S/C15H17BrN2O2S/c1-10-14(17)4-3-5-15(10)21(19,20)18-11(2)12-6-8-13(16)9-7-12/h3-9,11,18H,17H2,1-2H3/t11-/m1/s1. The van der Waals surface area contributed by atoms with Gasteiger partial charge >= 0.3 is 0 Å². The minimum Gasteiger partial charge on any atom is -0.398 e. The van der Waals surface area contributed by atoms with Crippen molar-refractivity contribution < 1.29 is 8.42 Å². The molecule has 2 aromatic rings. The van der Waals surface area contributed by atoms with E-state index in [1.165, 1.54) is 0 Å². The molecule has 0 unspecified atom stereocenters. The van der Waals surface area contributed by atoms with E-state index in [9.17, 15) is 8.42 Å². The highest BCUT2D eigenvalue weighted by molar-refractivity contribution is 9.10. The first-order valence-corrected chi connectivity index (χ1v) is 8.72. The van der Waals surface area contributed by atoms with E-state index in [4.69, 9.17) is 5.73 Å². The number of sulfonamides is 1. The summed E-state index contributed by atoms with van der Waals surface area (Å²) in [6, 6.07) is 12.1. The maximum Gasteiger partial charge on any atom is 0.241 e. The van der Waals surface area contributed by atoms with Crippen LogP contribution in [0.25, 0.3) is 0 Å². The van der Waals surface area contributed by atoms with Gasteiger partial charge in [0, 0.05) is 16.2 Å². The lowest BCUT2D eigenvalue weighted by Crippen LogP contribution is -2.27. The summed E-state index contributed by atoms with van der Waals surface area (Å²) in [7, 11) is -3.61. The summed E-state index contributed by atoms with van der Waals surface area (Å²) in [5.74, 6) is 0. The Morgan fingerprint density at radius 1 is 1.14 bits per heavy atom. The fourth-order valence-electron chi connectivity index (χ4n) is 2.04. The predicted octanol–water partition coefficient (Wildman–Crippen LogP) is 3.38. The van der Waals surface area contributed by atoms with Gasteiger partial charge in [-0.25, -0.2) is 13.1 Å². The molecule has 21 heavy (non-hydrogen) atoms. The number of benzene rings is 2. The first-order valence-electron chi connectivity index (χ1n) is 6.44. The van der Waals surface area contributed by atoms with Gasteiger partial charge in [0.25, 0.3) is 0 Å². The lowest BCUT2D eigenvalue weighted by molar-refractivity contribution is 0.566. The molecule has 0 aliphatic carbocycles. The summed E-state index contributed by atoms with van der Waals surface area (Å²) in [4.78, 5) is 0.214. The van der Waals surface area contributed by atoms with E-state index in [2.05, 4.69) is 20.7 Å². The van der Waals surface area contributed by atoms with E-state index in [0.717, 1.165) is 10.0 Å². The highest BCUT2D eigenvalue weighted by Gasteiger charge is 2.21. The zero-order valence-electron chi connectivity index (χ0n) is 11.8. The molecule has 0 fully saturated rings. The molecular formula is C15H17BrN2O2S. The van der Waals surface area contributed by atoms with Gasteiger partial charge in [0.1, 0.15) is 0 Å². The molecule has 0 aliphatic rings. The molecule has 0 heterocycles. The maximum absolute atomic E-state index is 12.5. The molecule has 0 aromatic heterocycles. The Morgan fingerprint density at radius 2 is 1.76 bits per heavy atom. The summed E-state index contributed by atoms with van der Waals surface area (Å²) < 4.78 is 28.6. The topological polar surface area (TPSA) is 72.2 Å². The van der Waals surface area contributed by atoms with Gasteiger partial charge in [0.05, 0.1) is 4.90 Å². The van der Waals surface area contributed by atoms with Gasteiger partial charge in [-0.2, -0.15) is 0 Å². The Morgan fingerprint density at radius 3 is 2.38 bits per heavy atom. The van der Waals surface area contributed by atoms with E-state index in [-0.39, 0.29) is 10.9 Å². The molecule has 0 aliphatic heterocycles. The van der Waals surface area contributed by atoms with E-state index >= 15 is 0 Å². The van der Waals surface area contributed by atoms with Crippen molar-refractivity contribution in [2.24, 2.45) is 0 Å². The van der Waals surface area contributed by atoms with Crippen LogP contribution in [-0.4, -0.2) is 8.42 Å². The van der Waals surface area contributed by atoms with E-state index < -0.39 is 10.0 Å². The third kappa shape index (κ3) is 3.64. The third-order valence-electron chi connectivity index (χ3n) is 3.32. The third-order valence-corrected chi connectivity index (χ3v) is 5.53. The Hall–Kier alpha value is -1.37. The predicted molar refractivity (Wildman–Crippen MR) is 88.5 cm³/mol. The number of rotatable bonds is 4. The largest absolute Gasteiger partial charge is 0.398 e. The second-order valence-corrected chi connectivity index (χ2v) is 7.46. The Bertz CT molecular complexity index is 743. The molecule has 0 radical (unpaired) electrons. The second-order valence-electron chi connectivity index (χ2n) is 4.86. The zero-order chi connectivity index (χ0) is 15.6. The van der Waals surface area contributed by atoms with Crippen molar-refractivity contribution in [2.45, 2.75) is 24.8 Å². The summed E-state index contributed by atoms with van der Waals surface area (Å²) >= 11 is 3.36. The molecule has 112 valence electrons. The molecule has 0 amide bonds. The normalized spacial score (nSPS) is 13.1. The number of hydrogen-bond acceptors (Lipinski definition) is 3.